The van der Waals surface area contributed by atoms with Crippen molar-refractivity contribution in [1.29, 1.82) is 0 Å². The number of rotatable bonds is 6. The van der Waals surface area contributed by atoms with Crippen molar-refractivity contribution in [3.05, 3.63) is 30.1 Å². The first-order valence-electron chi connectivity index (χ1n) is 8.14. The Labute approximate surface area is 126 Å². The lowest BCUT2D eigenvalue weighted by molar-refractivity contribution is 0.224. The Morgan fingerprint density at radius 1 is 1.29 bits per heavy atom. The van der Waals surface area contributed by atoms with Gasteiger partial charge in [-0.05, 0) is 50.9 Å². The predicted octanol–water partition coefficient (Wildman–Crippen LogP) is 2.67. The van der Waals surface area contributed by atoms with Gasteiger partial charge in [0.05, 0.1) is 17.6 Å². The van der Waals surface area contributed by atoms with E-state index < -0.39 is 0 Å². The number of nitrogens with two attached hydrogens (primary N) is 1. The smallest absolute Gasteiger partial charge is 0.123 e. The van der Waals surface area contributed by atoms with Crippen LogP contribution in [0, 0.1) is 0 Å². The summed E-state index contributed by atoms with van der Waals surface area (Å²) in [6.45, 7) is 2.99. The molecule has 4 nitrogen and oxygen atoms in total. The van der Waals surface area contributed by atoms with Gasteiger partial charge in [0.15, 0.2) is 0 Å². The molecule has 0 radical (unpaired) electrons. The maximum absolute atomic E-state index is 5.61. The van der Waals surface area contributed by atoms with Crippen molar-refractivity contribution in [2.24, 2.45) is 12.8 Å². The van der Waals surface area contributed by atoms with Crippen molar-refractivity contribution in [3.63, 3.8) is 0 Å². The monoisotopic (exact) mass is 286 g/mol. The van der Waals surface area contributed by atoms with Crippen molar-refractivity contribution >= 4 is 11.0 Å². The summed E-state index contributed by atoms with van der Waals surface area (Å²) in [4.78, 5) is 7.42. The summed E-state index contributed by atoms with van der Waals surface area (Å²) in [7, 11) is 2.13. The summed E-state index contributed by atoms with van der Waals surface area (Å²) < 4.78 is 2.24. The van der Waals surface area contributed by atoms with Gasteiger partial charge in [-0.1, -0.05) is 18.6 Å². The third kappa shape index (κ3) is 3.11. The van der Waals surface area contributed by atoms with Gasteiger partial charge in [-0.25, -0.2) is 4.98 Å². The highest BCUT2D eigenvalue weighted by Crippen LogP contribution is 2.25. The lowest BCUT2D eigenvalue weighted by Gasteiger charge is -2.24. The van der Waals surface area contributed by atoms with E-state index in [-0.39, 0.29) is 0 Å². The fourth-order valence-corrected chi connectivity index (χ4v) is 3.47. The SMILES string of the molecule is Cn1c(CN2CCCC2CCCCN)nc2ccccc21. The van der Waals surface area contributed by atoms with Gasteiger partial charge >= 0.3 is 0 Å². The van der Waals surface area contributed by atoms with Crippen LogP contribution in [0.4, 0.5) is 0 Å². The average Bonchev–Trinajstić information content (AvgIpc) is 3.06. The Morgan fingerprint density at radius 3 is 2.95 bits per heavy atom. The van der Waals surface area contributed by atoms with E-state index in [0.29, 0.717) is 0 Å². The third-order valence-electron chi connectivity index (χ3n) is 4.71. The summed E-state index contributed by atoms with van der Waals surface area (Å²) >= 11 is 0. The molecule has 21 heavy (non-hydrogen) atoms. The first kappa shape index (κ1) is 14.5. The van der Waals surface area contributed by atoms with E-state index >= 15 is 0 Å². The van der Waals surface area contributed by atoms with Gasteiger partial charge in [-0.2, -0.15) is 0 Å². The number of hydrogen-bond acceptors (Lipinski definition) is 3. The maximum atomic E-state index is 5.61. The number of aryl methyl sites for hydroxylation is 1. The summed E-state index contributed by atoms with van der Waals surface area (Å²) in [5.74, 6) is 1.18. The Hall–Kier alpha value is -1.39. The first-order valence-corrected chi connectivity index (χ1v) is 8.14. The number of likely N-dealkylation sites (tertiary alicyclic amines) is 1. The number of fused-ring (bicyclic) bond motifs is 1. The molecule has 1 aliphatic heterocycles. The molecule has 0 bridgehead atoms. The second kappa shape index (κ2) is 6.58. The topological polar surface area (TPSA) is 47.1 Å². The molecule has 2 N–H and O–H groups in total. The van der Waals surface area contributed by atoms with E-state index in [2.05, 4.69) is 40.8 Å². The Bertz CT molecular complexity index is 589. The molecule has 1 atom stereocenters. The molecule has 1 saturated heterocycles. The average molecular weight is 286 g/mol. The summed E-state index contributed by atoms with van der Waals surface area (Å²) in [5, 5.41) is 0. The fraction of sp³-hybridized carbons (Fsp3) is 0.588. The highest BCUT2D eigenvalue weighted by Gasteiger charge is 2.25. The standard InChI is InChI=1S/C17H26N4/c1-20-16-10-3-2-9-15(16)19-17(20)13-21-12-6-8-14(21)7-4-5-11-18/h2-3,9-10,14H,4-8,11-13,18H2,1H3. The van der Waals surface area contributed by atoms with Crippen molar-refractivity contribution < 1.29 is 0 Å². The molecule has 0 saturated carbocycles. The van der Waals surface area contributed by atoms with Crippen molar-refractivity contribution in [1.82, 2.24) is 14.5 Å². The molecule has 0 aliphatic carbocycles. The molecule has 2 aromatic rings. The van der Waals surface area contributed by atoms with E-state index in [1.54, 1.807) is 0 Å². The lowest BCUT2D eigenvalue weighted by atomic mass is 10.1. The molecule has 1 fully saturated rings. The van der Waals surface area contributed by atoms with E-state index in [9.17, 15) is 0 Å². The van der Waals surface area contributed by atoms with Gasteiger partial charge in [-0.15, -0.1) is 0 Å². The molecule has 0 amide bonds. The summed E-state index contributed by atoms with van der Waals surface area (Å²) in [5.41, 5.74) is 7.94. The van der Waals surface area contributed by atoms with Crippen LogP contribution in [0.5, 0.6) is 0 Å². The second-order valence-electron chi connectivity index (χ2n) is 6.13. The minimum Gasteiger partial charge on any atom is -0.330 e. The highest BCUT2D eigenvalue weighted by atomic mass is 15.2. The van der Waals surface area contributed by atoms with Crippen LogP contribution >= 0.6 is 0 Å². The van der Waals surface area contributed by atoms with Crippen LogP contribution in [0.15, 0.2) is 24.3 Å². The largest absolute Gasteiger partial charge is 0.330 e. The third-order valence-corrected chi connectivity index (χ3v) is 4.71. The number of nitrogens with zero attached hydrogens (tertiary/aromatic N) is 3. The lowest BCUT2D eigenvalue weighted by Crippen LogP contribution is -2.30. The fourth-order valence-electron chi connectivity index (χ4n) is 3.47. The first-order chi connectivity index (χ1) is 10.3. The number of para-hydroxylation sites is 2. The summed E-state index contributed by atoms with van der Waals surface area (Å²) in [6, 6.07) is 9.11. The van der Waals surface area contributed by atoms with Gasteiger partial charge in [0.2, 0.25) is 0 Å². The van der Waals surface area contributed by atoms with Crippen LogP contribution < -0.4 is 5.73 Å². The molecule has 1 aromatic carbocycles. The van der Waals surface area contributed by atoms with E-state index in [4.69, 9.17) is 10.7 Å². The van der Waals surface area contributed by atoms with Crippen molar-refractivity contribution in [2.75, 3.05) is 13.1 Å². The van der Waals surface area contributed by atoms with Crippen LogP contribution in [0.1, 0.15) is 37.9 Å². The Kier molecular flexibility index (Phi) is 4.56. The van der Waals surface area contributed by atoms with E-state index in [1.807, 2.05) is 0 Å². The number of imidazole rings is 1. The van der Waals surface area contributed by atoms with Crippen LogP contribution in [0.3, 0.4) is 0 Å². The molecule has 114 valence electrons. The van der Waals surface area contributed by atoms with Gasteiger partial charge < -0.3 is 10.3 Å². The number of unbranched alkanes of at least 4 members (excludes halogenated alkanes) is 1. The zero-order valence-electron chi connectivity index (χ0n) is 13.0. The normalized spacial score (nSPS) is 19.6. The second-order valence-corrected chi connectivity index (χ2v) is 6.13. The van der Waals surface area contributed by atoms with Crippen LogP contribution in [-0.2, 0) is 13.6 Å². The van der Waals surface area contributed by atoms with Crippen molar-refractivity contribution in [2.45, 2.75) is 44.7 Å². The molecule has 1 aromatic heterocycles. The van der Waals surface area contributed by atoms with E-state index in [0.717, 1.165) is 31.1 Å². The minimum atomic E-state index is 0.719. The molecule has 1 aliphatic rings. The minimum absolute atomic E-state index is 0.719. The molecule has 1 unspecified atom stereocenters. The van der Waals surface area contributed by atoms with Crippen LogP contribution in [0.25, 0.3) is 11.0 Å². The number of aromatic nitrogens is 2. The Balaban J connectivity index is 1.70. The van der Waals surface area contributed by atoms with Gasteiger partial charge in [-0.3, -0.25) is 4.90 Å². The predicted molar refractivity (Wildman–Crippen MR) is 87.1 cm³/mol. The van der Waals surface area contributed by atoms with Gasteiger partial charge in [0.25, 0.3) is 0 Å². The van der Waals surface area contributed by atoms with Crippen LogP contribution in [-0.4, -0.2) is 33.6 Å². The van der Waals surface area contributed by atoms with Gasteiger partial charge in [0, 0.05) is 13.1 Å². The van der Waals surface area contributed by atoms with Crippen LogP contribution in [0.2, 0.25) is 0 Å². The molecule has 2 heterocycles. The molecular weight excluding hydrogens is 260 g/mol. The molecule has 4 heteroatoms. The Morgan fingerprint density at radius 2 is 2.14 bits per heavy atom. The quantitative estimate of drug-likeness (QED) is 0.831. The number of hydrogen-bond donors (Lipinski definition) is 1. The summed E-state index contributed by atoms with van der Waals surface area (Å²) in [6.07, 6.45) is 6.32. The zero-order chi connectivity index (χ0) is 14.7. The van der Waals surface area contributed by atoms with E-state index in [1.165, 1.54) is 43.6 Å². The highest BCUT2D eigenvalue weighted by molar-refractivity contribution is 5.75. The molecule has 0 spiro atoms. The molecular formula is C17H26N4. The zero-order valence-corrected chi connectivity index (χ0v) is 13.0. The van der Waals surface area contributed by atoms with Crippen molar-refractivity contribution in [3.8, 4) is 0 Å². The molecule has 3 rings (SSSR count). The van der Waals surface area contributed by atoms with Gasteiger partial charge in [0.1, 0.15) is 5.82 Å². The maximum Gasteiger partial charge on any atom is 0.123 e. The number of benzene rings is 1.